The normalized spacial score (nSPS) is 18.3. The third kappa shape index (κ3) is 2.44. The van der Waals surface area contributed by atoms with Crippen molar-refractivity contribution in [3.8, 4) is 6.07 Å². The number of hydrogen-bond donors (Lipinski definition) is 2. The first-order valence-electron chi connectivity index (χ1n) is 5.81. The molecule has 0 saturated heterocycles. The predicted octanol–water partition coefficient (Wildman–Crippen LogP) is 0.895. The lowest BCUT2D eigenvalue weighted by atomic mass is 9.74. The fraction of sp³-hybridized carbons (Fsp3) is 0.636. The molecule has 1 amide bonds. The van der Waals surface area contributed by atoms with Crippen molar-refractivity contribution < 1.29 is 4.79 Å². The van der Waals surface area contributed by atoms with Crippen molar-refractivity contribution in [1.82, 2.24) is 20.5 Å². The van der Waals surface area contributed by atoms with E-state index in [-0.39, 0.29) is 5.91 Å². The molecular weight excluding hydrogens is 218 g/mol. The number of hydrogen-bond acceptors (Lipinski definition) is 4. The Labute approximate surface area is 99.4 Å². The Morgan fingerprint density at radius 2 is 2.29 bits per heavy atom. The summed E-state index contributed by atoms with van der Waals surface area (Å²) in [6.45, 7) is 0.294. The second-order valence-electron chi connectivity index (χ2n) is 4.37. The van der Waals surface area contributed by atoms with Gasteiger partial charge in [-0.05, 0) is 12.8 Å². The van der Waals surface area contributed by atoms with Gasteiger partial charge in [-0.25, -0.2) is 4.98 Å². The van der Waals surface area contributed by atoms with Crippen LogP contribution in [0.25, 0.3) is 0 Å². The average Bonchev–Trinajstić information content (AvgIpc) is 2.90. The highest BCUT2D eigenvalue weighted by Gasteiger charge is 2.39. The van der Waals surface area contributed by atoms with Crippen molar-refractivity contribution in [2.45, 2.75) is 38.6 Å². The molecule has 6 heteroatoms. The maximum absolute atomic E-state index is 12.1. The van der Waals surface area contributed by atoms with E-state index in [1.165, 1.54) is 6.33 Å². The summed E-state index contributed by atoms with van der Waals surface area (Å²) >= 11 is 0. The van der Waals surface area contributed by atoms with Gasteiger partial charge in [-0.2, -0.15) is 10.4 Å². The summed E-state index contributed by atoms with van der Waals surface area (Å²) < 4.78 is 0. The number of rotatable bonds is 3. The smallest absolute Gasteiger partial charge is 0.240 e. The number of carbonyl (C=O) groups is 1. The van der Waals surface area contributed by atoms with Gasteiger partial charge in [0.25, 0.3) is 0 Å². The molecule has 2 rings (SSSR count). The monoisotopic (exact) mass is 233 g/mol. The lowest BCUT2D eigenvalue weighted by Gasteiger charge is -2.28. The van der Waals surface area contributed by atoms with E-state index in [9.17, 15) is 10.1 Å². The molecule has 6 nitrogen and oxygen atoms in total. The molecule has 1 saturated carbocycles. The Bertz CT molecular complexity index is 414. The van der Waals surface area contributed by atoms with Crippen LogP contribution >= 0.6 is 0 Å². The number of aromatic nitrogens is 3. The second kappa shape index (κ2) is 4.95. The fourth-order valence-electron chi connectivity index (χ4n) is 2.19. The van der Waals surface area contributed by atoms with Crippen LogP contribution in [0.5, 0.6) is 0 Å². The van der Waals surface area contributed by atoms with Gasteiger partial charge in [-0.1, -0.05) is 19.3 Å². The zero-order valence-electron chi connectivity index (χ0n) is 9.57. The van der Waals surface area contributed by atoms with Crippen LogP contribution in [-0.4, -0.2) is 21.1 Å². The Morgan fingerprint density at radius 1 is 1.53 bits per heavy atom. The molecule has 0 bridgehead atoms. The van der Waals surface area contributed by atoms with E-state index < -0.39 is 5.41 Å². The summed E-state index contributed by atoms with van der Waals surface area (Å²) in [5.74, 6) is 0.415. The molecule has 2 N–H and O–H groups in total. The highest BCUT2D eigenvalue weighted by Crippen LogP contribution is 2.35. The Morgan fingerprint density at radius 3 is 2.88 bits per heavy atom. The van der Waals surface area contributed by atoms with Gasteiger partial charge in [0.15, 0.2) is 0 Å². The number of H-pyrrole nitrogens is 1. The standard InChI is InChI=1S/C11H15N5O/c12-7-11(4-2-1-3-5-11)10(17)13-6-9-14-8-15-16-9/h8H,1-6H2,(H,13,17)(H,14,15,16). The lowest BCUT2D eigenvalue weighted by molar-refractivity contribution is -0.129. The molecule has 90 valence electrons. The minimum absolute atomic E-state index is 0.184. The number of carbonyl (C=O) groups excluding carboxylic acids is 1. The van der Waals surface area contributed by atoms with Crippen molar-refractivity contribution in [1.29, 1.82) is 5.26 Å². The van der Waals surface area contributed by atoms with Crippen molar-refractivity contribution in [3.05, 3.63) is 12.2 Å². The van der Waals surface area contributed by atoms with Gasteiger partial charge >= 0.3 is 0 Å². The van der Waals surface area contributed by atoms with Crippen LogP contribution in [-0.2, 0) is 11.3 Å². The van der Waals surface area contributed by atoms with Crippen LogP contribution in [0.15, 0.2) is 6.33 Å². The van der Waals surface area contributed by atoms with Gasteiger partial charge in [-0.15, -0.1) is 0 Å². The van der Waals surface area contributed by atoms with Crippen LogP contribution in [0.2, 0.25) is 0 Å². The summed E-state index contributed by atoms with van der Waals surface area (Å²) in [4.78, 5) is 16.0. The Hall–Kier alpha value is -1.90. The van der Waals surface area contributed by atoms with Crippen LogP contribution in [0.3, 0.4) is 0 Å². The number of nitrogens with one attached hydrogen (secondary N) is 2. The molecular formula is C11H15N5O. The van der Waals surface area contributed by atoms with Crippen molar-refractivity contribution in [2.75, 3.05) is 0 Å². The molecule has 0 spiro atoms. The molecule has 1 aliphatic carbocycles. The lowest BCUT2D eigenvalue weighted by Crippen LogP contribution is -2.41. The quantitative estimate of drug-likeness (QED) is 0.810. The molecule has 17 heavy (non-hydrogen) atoms. The average molecular weight is 233 g/mol. The van der Waals surface area contributed by atoms with Gasteiger partial charge < -0.3 is 5.32 Å². The van der Waals surface area contributed by atoms with Crippen molar-refractivity contribution >= 4 is 5.91 Å². The zero-order valence-corrected chi connectivity index (χ0v) is 9.57. The second-order valence-corrected chi connectivity index (χ2v) is 4.37. The van der Waals surface area contributed by atoms with E-state index in [1.807, 2.05) is 0 Å². The Balaban J connectivity index is 1.96. The highest BCUT2D eigenvalue weighted by atomic mass is 16.2. The number of amides is 1. The third-order valence-corrected chi connectivity index (χ3v) is 3.24. The number of nitrogens with zero attached hydrogens (tertiary/aromatic N) is 3. The SMILES string of the molecule is N#CC1(C(=O)NCc2ncn[nH]2)CCCCC1. The molecule has 1 heterocycles. The first-order valence-corrected chi connectivity index (χ1v) is 5.81. The van der Waals surface area contributed by atoms with Gasteiger partial charge in [0.2, 0.25) is 5.91 Å². The molecule has 1 aromatic rings. The van der Waals surface area contributed by atoms with E-state index in [4.69, 9.17) is 0 Å². The molecule has 0 radical (unpaired) electrons. The minimum atomic E-state index is -0.835. The van der Waals surface area contributed by atoms with Gasteiger partial charge in [0, 0.05) is 0 Å². The summed E-state index contributed by atoms with van der Waals surface area (Å²) in [7, 11) is 0. The van der Waals surface area contributed by atoms with E-state index in [0.717, 1.165) is 19.3 Å². The van der Waals surface area contributed by atoms with Crippen LogP contribution in [0, 0.1) is 16.7 Å². The minimum Gasteiger partial charge on any atom is -0.347 e. The van der Waals surface area contributed by atoms with E-state index >= 15 is 0 Å². The number of nitriles is 1. The predicted molar refractivity (Wildman–Crippen MR) is 59.4 cm³/mol. The maximum Gasteiger partial charge on any atom is 0.240 e. The zero-order chi connectivity index (χ0) is 12.1. The molecule has 1 aromatic heterocycles. The van der Waals surface area contributed by atoms with E-state index in [2.05, 4.69) is 26.6 Å². The van der Waals surface area contributed by atoms with Crippen LogP contribution in [0.1, 0.15) is 37.9 Å². The number of aromatic amines is 1. The summed E-state index contributed by atoms with van der Waals surface area (Å²) in [5.41, 5.74) is -0.835. The van der Waals surface area contributed by atoms with Gasteiger partial charge in [0.05, 0.1) is 12.6 Å². The summed E-state index contributed by atoms with van der Waals surface area (Å²) in [6, 6.07) is 2.19. The summed E-state index contributed by atoms with van der Waals surface area (Å²) in [5, 5.41) is 18.3. The van der Waals surface area contributed by atoms with E-state index in [1.54, 1.807) is 0 Å². The van der Waals surface area contributed by atoms with Crippen molar-refractivity contribution in [3.63, 3.8) is 0 Å². The summed E-state index contributed by atoms with van der Waals surface area (Å²) in [6.07, 6.45) is 5.71. The van der Waals surface area contributed by atoms with Gasteiger partial charge in [-0.3, -0.25) is 9.89 Å². The fourth-order valence-corrected chi connectivity index (χ4v) is 2.19. The molecule has 1 aliphatic rings. The molecule has 1 fully saturated rings. The molecule has 0 aliphatic heterocycles. The largest absolute Gasteiger partial charge is 0.347 e. The van der Waals surface area contributed by atoms with Gasteiger partial charge in [0.1, 0.15) is 17.6 Å². The Kier molecular flexibility index (Phi) is 3.38. The molecule has 0 unspecified atom stereocenters. The molecule has 0 aromatic carbocycles. The highest BCUT2D eigenvalue weighted by molar-refractivity contribution is 5.85. The van der Waals surface area contributed by atoms with Crippen molar-refractivity contribution in [2.24, 2.45) is 5.41 Å². The first-order chi connectivity index (χ1) is 8.27. The first kappa shape index (κ1) is 11.6. The third-order valence-electron chi connectivity index (χ3n) is 3.24. The van der Waals surface area contributed by atoms with E-state index in [0.29, 0.717) is 25.2 Å². The maximum atomic E-state index is 12.1. The van der Waals surface area contributed by atoms with Crippen LogP contribution in [0.4, 0.5) is 0 Å². The molecule has 0 atom stereocenters. The topological polar surface area (TPSA) is 94.5 Å². The van der Waals surface area contributed by atoms with Crippen LogP contribution < -0.4 is 5.32 Å².